The highest BCUT2D eigenvalue weighted by atomic mass is 32.2. The number of nitrogens with zero attached hydrogens (tertiary/aromatic N) is 1. The van der Waals surface area contributed by atoms with Crippen molar-refractivity contribution in [1.29, 1.82) is 0 Å². The van der Waals surface area contributed by atoms with E-state index >= 15 is 0 Å². The number of aliphatic hydroxyl groups is 2. The molecule has 0 radical (unpaired) electrons. The Balaban J connectivity index is 4.35. The van der Waals surface area contributed by atoms with Crippen LogP contribution in [0.5, 0.6) is 0 Å². The lowest BCUT2D eigenvalue weighted by Gasteiger charge is -2.25. The highest BCUT2D eigenvalue weighted by Gasteiger charge is 2.45. The maximum Gasteiger partial charge on any atom is 0.518 e. The molecular formula is C12H19F3NO7S-. The summed E-state index contributed by atoms with van der Waals surface area (Å²) in [4.78, 5) is 11.7. The molecule has 0 heterocycles. The van der Waals surface area contributed by atoms with Gasteiger partial charge in [-0.05, 0) is 31.6 Å². The quantitative estimate of drug-likeness (QED) is 0.230. The second-order valence-corrected chi connectivity index (χ2v) is 6.54. The molecule has 12 heteroatoms. The summed E-state index contributed by atoms with van der Waals surface area (Å²) < 4.78 is 64.2. The second kappa shape index (κ2) is 9.18. The van der Waals surface area contributed by atoms with Crippen LogP contribution in [-0.4, -0.2) is 55.8 Å². The SMILES string of the molecule is CCC(CO)(CO)C(=O)OCCCC/C([O-])=N/S(=O)(=O)C(F)(F)F. The van der Waals surface area contributed by atoms with Gasteiger partial charge in [-0.2, -0.15) is 26.0 Å². The minimum atomic E-state index is -5.85. The average Bonchev–Trinajstić information content (AvgIpc) is 2.47. The fourth-order valence-electron chi connectivity index (χ4n) is 1.47. The summed E-state index contributed by atoms with van der Waals surface area (Å²) >= 11 is 0. The van der Waals surface area contributed by atoms with Crippen molar-refractivity contribution in [3.05, 3.63) is 0 Å². The zero-order valence-corrected chi connectivity index (χ0v) is 13.7. The van der Waals surface area contributed by atoms with Crippen LogP contribution in [0.2, 0.25) is 0 Å². The zero-order valence-electron chi connectivity index (χ0n) is 12.9. The van der Waals surface area contributed by atoms with E-state index in [1.165, 1.54) is 0 Å². The predicted molar refractivity (Wildman–Crippen MR) is 74.1 cm³/mol. The first-order chi connectivity index (χ1) is 11.0. The summed E-state index contributed by atoms with van der Waals surface area (Å²) in [6.07, 6.45) is -0.423. The van der Waals surface area contributed by atoms with E-state index in [1.54, 1.807) is 6.92 Å². The third kappa shape index (κ3) is 6.24. The van der Waals surface area contributed by atoms with Crippen molar-refractivity contribution >= 4 is 21.9 Å². The number of alkyl halides is 3. The smallest absolute Gasteiger partial charge is 0.518 e. The van der Waals surface area contributed by atoms with Gasteiger partial charge in [0.05, 0.1) is 19.8 Å². The minimum absolute atomic E-state index is 0.0552. The van der Waals surface area contributed by atoms with Crippen LogP contribution in [0.4, 0.5) is 13.2 Å². The van der Waals surface area contributed by atoms with E-state index in [0.29, 0.717) is 0 Å². The fraction of sp³-hybridized carbons (Fsp3) is 0.833. The number of carbonyl (C=O) groups is 1. The van der Waals surface area contributed by atoms with Gasteiger partial charge >= 0.3 is 21.5 Å². The van der Waals surface area contributed by atoms with E-state index in [1.807, 2.05) is 0 Å². The van der Waals surface area contributed by atoms with Crippen LogP contribution >= 0.6 is 0 Å². The van der Waals surface area contributed by atoms with Gasteiger partial charge in [0.2, 0.25) is 0 Å². The van der Waals surface area contributed by atoms with Crippen LogP contribution in [0.25, 0.3) is 0 Å². The number of hydrogen-bond donors (Lipinski definition) is 2. The number of rotatable bonds is 10. The Morgan fingerprint density at radius 1 is 1.21 bits per heavy atom. The fourth-order valence-corrected chi connectivity index (χ4v) is 1.94. The molecular weight excluding hydrogens is 359 g/mol. The molecule has 0 saturated heterocycles. The van der Waals surface area contributed by atoms with E-state index in [9.17, 15) is 31.5 Å². The standard InChI is InChI=1S/C12H20F3NO7S/c1-2-11(7-17,8-18)10(20)23-6-4-3-5-9(19)16-24(21,22)12(13,14)15/h17-18H,2-8H2,1H3,(H,16,19)/p-1. The molecule has 0 aliphatic rings. The molecule has 24 heavy (non-hydrogen) atoms. The molecule has 0 aliphatic carbocycles. The van der Waals surface area contributed by atoms with Crippen LogP contribution < -0.4 is 5.11 Å². The van der Waals surface area contributed by atoms with Crippen molar-refractivity contribution in [2.75, 3.05) is 19.8 Å². The largest absolute Gasteiger partial charge is 0.861 e. The molecule has 142 valence electrons. The lowest BCUT2D eigenvalue weighted by Crippen LogP contribution is -2.39. The summed E-state index contributed by atoms with van der Waals surface area (Å²) in [5.74, 6) is -2.29. The van der Waals surface area contributed by atoms with Gasteiger partial charge in [0, 0.05) is 0 Å². The summed E-state index contributed by atoms with van der Waals surface area (Å²) in [6.45, 7) is 0.117. The molecule has 8 nitrogen and oxygen atoms in total. The Labute approximate surface area is 137 Å². The molecule has 0 bridgehead atoms. The van der Waals surface area contributed by atoms with E-state index < -0.39 is 52.4 Å². The highest BCUT2D eigenvalue weighted by molar-refractivity contribution is 7.91. The van der Waals surface area contributed by atoms with Crippen molar-refractivity contribution in [2.24, 2.45) is 9.81 Å². The Hall–Kier alpha value is -1.40. The first-order valence-electron chi connectivity index (χ1n) is 6.92. The maximum atomic E-state index is 12.0. The van der Waals surface area contributed by atoms with Gasteiger partial charge in [-0.25, -0.2) is 0 Å². The Kier molecular flexibility index (Phi) is 8.64. The first-order valence-corrected chi connectivity index (χ1v) is 8.36. The van der Waals surface area contributed by atoms with Crippen molar-refractivity contribution in [2.45, 2.75) is 38.1 Å². The number of aliphatic hydroxyl groups excluding tert-OH is 2. The molecule has 0 aliphatic heterocycles. The minimum Gasteiger partial charge on any atom is -0.861 e. The van der Waals surface area contributed by atoms with Gasteiger partial charge in [-0.1, -0.05) is 6.92 Å². The van der Waals surface area contributed by atoms with Crippen LogP contribution in [-0.2, 0) is 19.6 Å². The van der Waals surface area contributed by atoms with E-state index in [-0.39, 0.29) is 25.9 Å². The average molecular weight is 378 g/mol. The van der Waals surface area contributed by atoms with Gasteiger partial charge in [0.1, 0.15) is 5.41 Å². The first kappa shape index (κ1) is 22.6. The molecule has 0 aromatic rings. The zero-order chi connectivity index (χ0) is 19.0. The Morgan fingerprint density at radius 3 is 2.17 bits per heavy atom. The van der Waals surface area contributed by atoms with Crippen molar-refractivity contribution < 1.29 is 46.4 Å². The topological polar surface area (TPSA) is 136 Å². The van der Waals surface area contributed by atoms with Crippen LogP contribution in [0.1, 0.15) is 32.6 Å². The number of carbonyl (C=O) groups excluding carboxylic acids is 1. The molecule has 0 spiro atoms. The lowest BCUT2D eigenvalue weighted by atomic mass is 9.87. The number of ether oxygens (including phenoxy) is 1. The number of sulfonamides is 1. The summed E-state index contributed by atoms with van der Waals surface area (Å²) in [5, 5.41) is 29.3. The molecule has 0 unspecified atom stereocenters. The van der Waals surface area contributed by atoms with Gasteiger partial charge in [-0.15, -0.1) is 0 Å². The van der Waals surface area contributed by atoms with E-state index in [0.717, 1.165) is 0 Å². The third-order valence-corrected chi connectivity index (χ3v) is 4.28. The molecule has 0 amide bonds. The van der Waals surface area contributed by atoms with Gasteiger partial charge in [0.15, 0.2) is 0 Å². The lowest BCUT2D eigenvalue weighted by molar-refractivity contribution is -0.218. The Morgan fingerprint density at radius 2 is 1.75 bits per heavy atom. The number of esters is 1. The molecule has 0 saturated carbocycles. The van der Waals surface area contributed by atoms with Gasteiger partial charge < -0.3 is 20.1 Å². The van der Waals surface area contributed by atoms with Gasteiger partial charge in [-0.3, -0.25) is 4.79 Å². The monoisotopic (exact) mass is 378 g/mol. The van der Waals surface area contributed by atoms with E-state index in [2.05, 4.69) is 4.40 Å². The molecule has 0 atom stereocenters. The van der Waals surface area contributed by atoms with Crippen molar-refractivity contribution in [1.82, 2.24) is 0 Å². The Bertz CT molecular complexity index is 533. The predicted octanol–water partition coefficient (Wildman–Crippen LogP) is -0.311. The van der Waals surface area contributed by atoms with E-state index in [4.69, 9.17) is 14.9 Å². The normalized spacial score (nSPS) is 13.8. The highest BCUT2D eigenvalue weighted by Crippen LogP contribution is 2.25. The summed E-state index contributed by atoms with van der Waals surface area (Å²) in [6, 6.07) is 0. The molecule has 0 fully saturated rings. The van der Waals surface area contributed by atoms with Crippen LogP contribution in [0, 0.1) is 5.41 Å². The number of hydrogen-bond acceptors (Lipinski definition) is 7. The van der Waals surface area contributed by atoms with Crippen molar-refractivity contribution in [3.8, 4) is 0 Å². The molecule has 0 aromatic carbocycles. The molecule has 0 aromatic heterocycles. The van der Waals surface area contributed by atoms with Gasteiger partial charge in [0.25, 0.3) is 0 Å². The van der Waals surface area contributed by atoms with Crippen LogP contribution in [0.3, 0.4) is 0 Å². The number of halogens is 3. The van der Waals surface area contributed by atoms with Crippen LogP contribution in [0.15, 0.2) is 4.40 Å². The maximum absolute atomic E-state index is 12.0. The summed E-state index contributed by atoms with van der Waals surface area (Å²) in [7, 11) is -5.85. The third-order valence-electron chi connectivity index (χ3n) is 3.25. The van der Waals surface area contributed by atoms with Crippen molar-refractivity contribution in [3.63, 3.8) is 0 Å². The molecule has 2 N–H and O–H groups in total. The summed E-state index contributed by atoms with van der Waals surface area (Å²) in [5.41, 5.74) is -7.07. The second-order valence-electron chi connectivity index (χ2n) is 4.95. The molecule has 0 rings (SSSR count). The number of unbranched alkanes of at least 4 members (excludes halogenated alkanes) is 1.